The second kappa shape index (κ2) is 9.50. The third-order valence-electron chi connectivity index (χ3n) is 5.93. The molecule has 2 heterocycles. The van der Waals surface area contributed by atoms with Gasteiger partial charge in [-0.2, -0.15) is 0 Å². The quantitative estimate of drug-likeness (QED) is 0.395. The van der Waals surface area contributed by atoms with E-state index >= 15 is 0 Å². The fourth-order valence-electron chi connectivity index (χ4n) is 3.89. The number of nitrogens with one attached hydrogen (secondary N) is 1. The molecule has 9 nitrogen and oxygen atoms in total. The van der Waals surface area contributed by atoms with E-state index in [9.17, 15) is 19.2 Å². The van der Waals surface area contributed by atoms with Gasteiger partial charge in [0.2, 0.25) is 5.78 Å². The van der Waals surface area contributed by atoms with Gasteiger partial charge < -0.3 is 5.32 Å². The van der Waals surface area contributed by atoms with Crippen molar-refractivity contribution in [3.05, 3.63) is 79.5 Å². The molecule has 10 heteroatoms. The molecule has 0 aliphatic carbocycles. The predicted octanol–water partition coefficient (Wildman–Crippen LogP) is 3.46. The summed E-state index contributed by atoms with van der Waals surface area (Å²) in [5, 5.41) is 7.91. The van der Waals surface area contributed by atoms with Crippen LogP contribution in [0.2, 0.25) is 5.02 Å². The van der Waals surface area contributed by atoms with Gasteiger partial charge in [0, 0.05) is 28.2 Å². The van der Waals surface area contributed by atoms with Crippen molar-refractivity contribution in [1.82, 2.24) is 24.1 Å². The van der Waals surface area contributed by atoms with Crippen LogP contribution in [0.5, 0.6) is 0 Å². The summed E-state index contributed by atoms with van der Waals surface area (Å²) in [5.74, 6) is -0.561. The molecule has 1 atom stereocenters. The maximum absolute atomic E-state index is 13.4. The molecule has 0 saturated carbocycles. The minimum Gasteiger partial charge on any atom is -0.350 e. The SMILES string of the molecule is CCC(C)NC(=O)c1ccc2c(=O)n(C(C)C)c3nn(CC(=O)c4cccc(Cl)c4)c(=O)n3c2c1. The van der Waals surface area contributed by atoms with Crippen LogP contribution in [0, 0.1) is 0 Å². The lowest BCUT2D eigenvalue weighted by molar-refractivity contribution is 0.0937. The summed E-state index contributed by atoms with van der Waals surface area (Å²) in [7, 11) is 0. The summed E-state index contributed by atoms with van der Waals surface area (Å²) in [4.78, 5) is 52.3. The first kappa shape index (κ1) is 24.4. The van der Waals surface area contributed by atoms with Crippen LogP contribution in [0.25, 0.3) is 16.7 Å². The maximum Gasteiger partial charge on any atom is 0.352 e. The molecule has 182 valence electrons. The first-order valence-electron chi connectivity index (χ1n) is 11.4. The van der Waals surface area contributed by atoms with Gasteiger partial charge in [0.15, 0.2) is 5.78 Å². The first-order chi connectivity index (χ1) is 16.6. The van der Waals surface area contributed by atoms with Crippen molar-refractivity contribution in [2.75, 3.05) is 0 Å². The third kappa shape index (κ3) is 4.51. The smallest absolute Gasteiger partial charge is 0.350 e. The molecule has 0 bridgehead atoms. The number of carbonyl (C=O) groups is 2. The second-order valence-corrected chi connectivity index (χ2v) is 9.23. The number of aromatic nitrogens is 4. The van der Waals surface area contributed by atoms with Crippen molar-refractivity contribution >= 4 is 40.0 Å². The molecule has 0 aliphatic rings. The molecule has 2 aromatic heterocycles. The number of amides is 1. The van der Waals surface area contributed by atoms with Crippen LogP contribution in [0.4, 0.5) is 0 Å². The predicted molar refractivity (Wildman–Crippen MR) is 135 cm³/mol. The van der Waals surface area contributed by atoms with Gasteiger partial charge in [0.25, 0.3) is 11.5 Å². The minimum absolute atomic E-state index is 0.0323. The van der Waals surface area contributed by atoms with Crippen molar-refractivity contribution in [2.45, 2.75) is 52.7 Å². The Morgan fingerprint density at radius 2 is 1.80 bits per heavy atom. The molecule has 0 fully saturated rings. The van der Waals surface area contributed by atoms with E-state index in [1.165, 1.54) is 21.1 Å². The number of ketones is 1. The highest BCUT2D eigenvalue weighted by molar-refractivity contribution is 6.31. The van der Waals surface area contributed by atoms with Crippen LogP contribution in [-0.2, 0) is 6.54 Å². The summed E-state index contributed by atoms with van der Waals surface area (Å²) in [6.45, 7) is 7.14. The first-order valence-corrected chi connectivity index (χ1v) is 11.8. The highest BCUT2D eigenvalue weighted by Gasteiger charge is 2.21. The third-order valence-corrected chi connectivity index (χ3v) is 6.17. The molecule has 2 aromatic carbocycles. The van der Waals surface area contributed by atoms with E-state index in [0.29, 0.717) is 16.1 Å². The van der Waals surface area contributed by atoms with Gasteiger partial charge in [0.1, 0.15) is 6.54 Å². The van der Waals surface area contributed by atoms with Crippen LogP contribution >= 0.6 is 11.6 Å². The average molecular weight is 496 g/mol. The number of carbonyl (C=O) groups excluding carboxylic acids is 2. The molecule has 1 N–H and O–H groups in total. The van der Waals surface area contributed by atoms with E-state index in [-0.39, 0.29) is 52.6 Å². The van der Waals surface area contributed by atoms with Crippen LogP contribution in [0.3, 0.4) is 0 Å². The van der Waals surface area contributed by atoms with Gasteiger partial charge in [-0.3, -0.25) is 19.0 Å². The van der Waals surface area contributed by atoms with Crippen LogP contribution in [0.15, 0.2) is 52.1 Å². The summed E-state index contributed by atoms with van der Waals surface area (Å²) >= 11 is 6.00. The lowest BCUT2D eigenvalue weighted by Gasteiger charge is -2.14. The van der Waals surface area contributed by atoms with Crippen molar-refractivity contribution in [2.24, 2.45) is 0 Å². The zero-order valence-corrected chi connectivity index (χ0v) is 20.7. The molecule has 1 unspecified atom stereocenters. The zero-order valence-electron chi connectivity index (χ0n) is 19.9. The van der Waals surface area contributed by atoms with Gasteiger partial charge in [-0.25, -0.2) is 13.9 Å². The zero-order chi connectivity index (χ0) is 25.4. The number of hydrogen-bond donors (Lipinski definition) is 1. The van der Waals surface area contributed by atoms with Gasteiger partial charge in [0.05, 0.1) is 10.9 Å². The van der Waals surface area contributed by atoms with E-state index in [2.05, 4.69) is 10.4 Å². The molecule has 0 saturated heterocycles. The molecule has 1 amide bonds. The highest BCUT2D eigenvalue weighted by Crippen LogP contribution is 2.17. The summed E-state index contributed by atoms with van der Waals surface area (Å²) < 4.78 is 3.72. The molecule has 0 spiro atoms. The molecular weight excluding hydrogens is 470 g/mol. The molecule has 0 radical (unpaired) electrons. The molecule has 0 aliphatic heterocycles. The molecular formula is C25H26ClN5O4. The number of hydrogen-bond acceptors (Lipinski definition) is 5. The Labute approximate surface area is 205 Å². The van der Waals surface area contributed by atoms with E-state index in [4.69, 9.17) is 11.6 Å². The van der Waals surface area contributed by atoms with Crippen LogP contribution < -0.4 is 16.6 Å². The summed E-state index contributed by atoms with van der Waals surface area (Å²) in [6, 6.07) is 10.7. The van der Waals surface area contributed by atoms with Gasteiger partial charge >= 0.3 is 5.69 Å². The Bertz CT molecular complexity index is 1580. The minimum atomic E-state index is -0.589. The number of rotatable bonds is 7. The summed E-state index contributed by atoms with van der Waals surface area (Å²) in [5.41, 5.74) is -0.0128. The molecule has 4 rings (SSSR count). The van der Waals surface area contributed by atoms with Crippen molar-refractivity contribution in [3.63, 3.8) is 0 Å². The van der Waals surface area contributed by atoms with E-state index in [1.54, 1.807) is 30.3 Å². The Morgan fingerprint density at radius 1 is 1.06 bits per heavy atom. The highest BCUT2D eigenvalue weighted by atomic mass is 35.5. The lowest BCUT2D eigenvalue weighted by atomic mass is 10.1. The summed E-state index contributed by atoms with van der Waals surface area (Å²) in [6.07, 6.45) is 0.759. The lowest BCUT2D eigenvalue weighted by Crippen LogP contribution is -2.32. The Hall–Kier alpha value is -3.72. The van der Waals surface area contributed by atoms with Crippen molar-refractivity contribution in [1.29, 1.82) is 0 Å². The maximum atomic E-state index is 13.4. The Balaban J connectivity index is 1.92. The van der Waals surface area contributed by atoms with Crippen molar-refractivity contribution < 1.29 is 9.59 Å². The molecule has 4 aromatic rings. The van der Waals surface area contributed by atoms with E-state index in [1.807, 2.05) is 27.7 Å². The molecule has 35 heavy (non-hydrogen) atoms. The fourth-order valence-corrected chi connectivity index (χ4v) is 4.08. The monoisotopic (exact) mass is 495 g/mol. The van der Waals surface area contributed by atoms with Crippen LogP contribution in [0.1, 0.15) is 60.9 Å². The van der Waals surface area contributed by atoms with Gasteiger partial charge in [-0.15, -0.1) is 5.10 Å². The number of halogens is 1. The Kier molecular flexibility index (Phi) is 6.62. The fraction of sp³-hybridized carbons (Fsp3) is 0.320. The Morgan fingerprint density at radius 3 is 2.46 bits per heavy atom. The largest absolute Gasteiger partial charge is 0.352 e. The topological polar surface area (TPSA) is 107 Å². The normalized spacial score (nSPS) is 12.4. The average Bonchev–Trinajstić information content (AvgIpc) is 3.13. The van der Waals surface area contributed by atoms with Crippen molar-refractivity contribution in [3.8, 4) is 0 Å². The van der Waals surface area contributed by atoms with Gasteiger partial charge in [-0.05, 0) is 57.5 Å². The number of Topliss-reactive ketones (excluding diaryl/α,β-unsaturated/α-hetero) is 1. The van der Waals surface area contributed by atoms with Gasteiger partial charge in [-0.1, -0.05) is 30.7 Å². The number of benzene rings is 2. The second-order valence-electron chi connectivity index (χ2n) is 8.79. The number of fused-ring (bicyclic) bond motifs is 3. The number of nitrogens with zero attached hydrogens (tertiary/aromatic N) is 4. The van der Waals surface area contributed by atoms with E-state index < -0.39 is 5.69 Å². The standard InChI is InChI=1S/C25H26ClN5O4/c1-5-15(4)27-22(33)17-9-10-19-20(12-17)31-24(30(14(2)3)23(19)34)28-29(25(31)35)13-21(32)16-7-6-8-18(26)11-16/h6-12,14-15H,5,13H2,1-4H3,(H,27,33). The van der Waals surface area contributed by atoms with Crippen LogP contribution in [-0.4, -0.2) is 36.5 Å². The van der Waals surface area contributed by atoms with E-state index in [0.717, 1.165) is 11.1 Å².